The zero-order chi connectivity index (χ0) is 15.6. The minimum absolute atomic E-state index is 0.126. The van der Waals surface area contributed by atoms with Crippen LogP contribution in [0.2, 0.25) is 0 Å². The van der Waals surface area contributed by atoms with Gasteiger partial charge in [-0.2, -0.15) is 17.9 Å². The van der Waals surface area contributed by atoms with Crippen molar-refractivity contribution in [3.8, 4) is 5.69 Å². The van der Waals surface area contributed by atoms with Crippen LogP contribution >= 0.6 is 0 Å². The Balaban J connectivity index is 2.40. The molecular weight excluding hydrogens is 290 g/mol. The van der Waals surface area contributed by atoms with Gasteiger partial charge in [0.05, 0.1) is 12.1 Å². The van der Waals surface area contributed by atoms with Gasteiger partial charge in [0.25, 0.3) is 0 Å². The normalized spacial score (nSPS) is 12.1. The number of aromatic nitrogens is 4. The van der Waals surface area contributed by atoms with Gasteiger partial charge in [-0.05, 0) is 28.6 Å². The smallest absolute Gasteiger partial charge is 0.308 e. The van der Waals surface area contributed by atoms with Gasteiger partial charge < -0.3 is 5.32 Å². The van der Waals surface area contributed by atoms with Gasteiger partial charge in [0.15, 0.2) is 5.82 Å². The summed E-state index contributed by atoms with van der Waals surface area (Å²) in [5.41, 5.74) is -1.30. The zero-order valence-corrected chi connectivity index (χ0v) is 11.3. The topological polar surface area (TPSA) is 55.6 Å². The average Bonchev–Trinajstić information content (AvgIpc) is 2.83. The van der Waals surface area contributed by atoms with Crippen LogP contribution < -0.4 is 5.32 Å². The number of nitrogens with zero attached hydrogens (tertiary/aromatic N) is 4. The Morgan fingerprint density at radius 1 is 1.29 bits per heavy atom. The van der Waals surface area contributed by atoms with Crippen molar-refractivity contribution < 1.29 is 17.6 Å². The molecule has 0 aliphatic carbocycles. The highest BCUT2D eigenvalue weighted by molar-refractivity contribution is 5.38. The van der Waals surface area contributed by atoms with Crippen molar-refractivity contribution in [1.82, 2.24) is 25.5 Å². The second-order valence-corrected chi connectivity index (χ2v) is 4.71. The van der Waals surface area contributed by atoms with Gasteiger partial charge in [0.2, 0.25) is 0 Å². The van der Waals surface area contributed by atoms with Gasteiger partial charge in [-0.1, -0.05) is 13.8 Å². The van der Waals surface area contributed by atoms with Gasteiger partial charge >= 0.3 is 6.18 Å². The molecule has 2 rings (SSSR count). The molecule has 21 heavy (non-hydrogen) atoms. The quantitative estimate of drug-likeness (QED) is 0.881. The summed E-state index contributed by atoms with van der Waals surface area (Å²) in [6.07, 6.45) is -4.56. The number of tetrazole rings is 1. The van der Waals surface area contributed by atoms with Gasteiger partial charge in [-0.15, -0.1) is 5.10 Å². The lowest BCUT2D eigenvalue weighted by molar-refractivity contribution is -0.137. The van der Waals surface area contributed by atoms with Crippen molar-refractivity contribution in [2.75, 3.05) is 0 Å². The van der Waals surface area contributed by atoms with Gasteiger partial charge in [-0.25, -0.2) is 4.39 Å². The molecule has 0 spiro atoms. The van der Waals surface area contributed by atoms with E-state index in [1.807, 2.05) is 13.8 Å². The summed E-state index contributed by atoms with van der Waals surface area (Å²) < 4.78 is 52.9. The van der Waals surface area contributed by atoms with E-state index in [0.29, 0.717) is 12.1 Å². The standard InChI is InChI=1S/C12H13F4N5/c1-7(2)17-6-11-18-19-20-21(11)10-5-8(12(14,15)16)3-4-9(10)13/h3-5,7,17H,6H2,1-2H3. The van der Waals surface area contributed by atoms with Crippen molar-refractivity contribution in [3.63, 3.8) is 0 Å². The van der Waals surface area contributed by atoms with E-state index in [2.05, 4.69) is 20.8 Å². The molecule has 1 heterocycles. The molecule has 0 aliphatic rings. The van der Waals surface area contributed by atoms with E-state index in [9.17, 15) is 17.6 Å². The minimum atomic E-state index is -4.56. The van der Waals surface area contributed by atoms with E-state index in [1.54, 1.807) is 0 Å². The maximum Gasteiger partial charge on any atom is 0.416 e. The van der Waals surface area contributed by atoms with E-state index < -0.39 is 17.6 Å². The Morgan fingerprint density at radius 3 is 2.62 bits per heavy atom. The molecule has 0 aliphatic heterocycles. The molecule has 0 saturated carbocycles. The lowest BCUT2D eigenvalue weighted by Gasteiger charge is -2.11. The third kappa shape index (κ3) is 3.54. The van der Waals surface area contributed by atoms with E-state index >= 15 is 0 Å². The first kappa shape index (κ1) is 15.4. The monoisotopic (exact) mass is 303 g/mol. The number of alkyl halides is 3. The molecule has 0 fully saturated rings. The first-order valence-corrected chi connectivity index (χ1v) is 6.17. The number of rotatable bonds is 4. The molecule has 1 aromatic carbocycles. The summed E-state index contributed by atoms with van der Waals surface area (Å²) in [6.45, 7) is 3.98. The molecule has 1 N–H and O–H groups in total. The van der Waals surface area contributed by atoms with Crippen LogP contribution in [0.1, 0.15) is 25.2 Å². The van der Waals surface area contributed by atoms with E-state index in [-0.39, 0.29) is 24.1 Å². The highest BCUT2D eigenvalue weighted by Gasteiger charge is 2.31. The first-order chi connectivity index (χ1) is 9.79. The third-order valence-electron chi connectivity index (χ3n) is 2.70. The van der Waals surface area contributed by atoms with E-state index in [0.717, 1.165) is 10.7 Å². The summed E-state index contributed by atoms with van der Waals surface area (Å²) in [4.78, 5) is 0. The number of hydrogen-bond acceptors (Lipinski definition) is 4. The SMILES string of the molecule is CC(C)NCc1nnnn1-c1cc(C(F)(F)F)ccc1F. The Morgan fingerprint density at radius 2 is 2.00 bits per heavy atom. The zero-order valence-electron chi connectivity index (χ0n) is 11.3. The van der Waals surface area contributed by atoms with Crippen molar-refractivity contribution in [2.45, 2.75) is 32.6 Å². The number of hydrogen-bond donors (Lipinski definition) is 1. The molecule has 5 nitrogen and oxygen atoms in total. The molecule has 0 bridgehead atoms. The van der Waals surface area contributed by atoms with E-state index in [4.69, 9.17) is 0 Å². The lowest BCUT2D eigenvalue weighted by Crippen LogP contribution is -2.24. The highest BCUT2D eigenvalue weighted by atomic mass is 19.4. The van der Waals surface area contributed by atoms with Crippen LogP contribution in [0.4, 0.5) is 17.6 Å². The van der Waals surface area contributed by atoms with Crippen LogP contribution in [0.5, 0.6) is 0 Å². The van der Waals surface area contributed by atoms with Crippen LogP contribution in [0, 0.1) is 5.82 Å². The molecule has 0 unspecified atom stereocenters. The maximum atomic E-state index is 13.8. The number of nitrogens with one attached hydrogen (secondary N) is 1. The molecule has 114 valence electrons. The molecule has 1 aromatic heterocycles. The van der Waals surface area contributed by atoms with Crippen LogP contribution in [-0.4, -0.2) is 26.2 Å². The number of benzene rings is 1. The molecule has 2 aromatic rings. The highest BCUT2D eigenvalue weighted by Crippen LogP contribution is 2.31. The largest absolute Gasteiger partial charge is 0.416 e. The second-order valence-electron chi connectivity index (χ2n) is 4.71. The summed E-state index contributed by atoms with van der Waals surface area (Å²) in [6, 6.07) is 2.24. The summed E-state index contributed by atoms with van der Waals surface area (Å²) in [5.74, 6) is -0.608. The number of halogens is 4. The first-order valence-electron chi connectivity index (χ1n) is 6.17. The van der Waals surface area contributed by atoms with Gasteiger partial charge in [0, 0.05) is 6.04 Å². The van der Waals surface area contributed by atoms with Crippen molar-refractivity contribution in [2.24, 2.45) is 0 Å². The van der Waals surface area contributed by atoms with Gasteiger partial charge in [0.1, 0.15) is 11.5 Å². The minimum Gasteiger partial charge on any atom is -0.308 e. The molecule has 0 radical (unpaired) electrons. The van der Waals surface area contributed by atoms with E-state index in [1.165, 1.54) is 0 Å². The van der Waals surface area contributed by atoms with Crippen LogP contribution in [0.3, 0.4) is 0 Å². The predicted octanol–water partition coefficient (Wildman–Crippen LogP) is 2.32. The molecule has 0 saturated heterocycles. The Bertz CT molecular complexity index is 620. The van der Waals surface area contributed by atoms with Crippen molar-refractivity contribution >= 4 is 0 Å². The van der Waals surface area contributed by atoms with Crippen LogP contribution in [-0.2, 0) is 12.7 Å². The Kier molecular flexibility index (Phi) is 4.21. The molecule has 0 atom stereocenters. The predicted molar refractivity (Wildman–Crippen MR) is 66.1 cm³/mol. The lowest BCUT2D eigenvalue weighted by atomic mass is 10.2. The van der Waals surface area contributed by atoms with Gasteiger partial charge in [-0.3, -0.25) is 0 Å². The fourth-order valence-corrected chi connectivity index (χ4v) is 1.65. The third-order valence-corrected chi connectivity index (χ3v) is 2.70. The second kappa shape index (κ2) is 5.76. The van der Waals surface area contributed by atoms with Crippen LogP contribution in [0.15, 0.2) is 18.2 Å². The summed E-state index contributed by atoms with van der Waals surface area (Å²) >= 11 is 0. The van der Waals surface area contributed by atoms with Crippen molar-refractivity contribution in [3.05, 3.63) is 35.4 Å². The Labute approximate surface area is 118 Å². The van der Waals surface area contributed by atoms with Crippen molar-refractivity contribution in [1.29, 1.82) is 0 Å². The average molecular weight is 303 g/mol. The summed E-state index contributed by atoms with van der Waals surface area (Å²) in [7, 11) is 0. The summed E-state index contributed by atoms with van der Waals surface area (Å²) in [5, 5.41) is 13.6. The fraction of sp³-hybridized carbons (Fsp3) is 0.417. The van der Waals surface area contributed by atoms with Crippen LogP contribution in [0.25, 0.3) is 5.69 Å². The Hall–Kier alpha value is -2.03. The molecular formula is C12H13F4N5. The molecule has 0 amide bonds. The maximum absolute atomic E-state index is 13.8. The molecule has 9 heteroatoms. The fourth-order valence-electron chi connectivity index (χ4n) is 1.65.